The van der Waals surface area contributed by atoms with Crippen molar-refractivity contribution in [2.24, 2.45) is 0 Å². The fraction of sp³-hybridized carbons (Fsp3) is 0.227. The molecule has 0 spiro atoms. The Bertz CT molecular complexity index is 1050. The molecule has 0 aliphatic carbocycles. The Balaban J connectivity index is 1.25. The van der Waals surface area contributed by atoms with Gasteiger partial charge in [0.1, 0.15) is 12.4 Å². The number of aromatic nitrogens is 3. The van der Waals surface area contributed by atoms with E-state index in [0.29, 0.717) is 25.5 Å². The fourth-order valence-electron chi connectivity index (χ4n) is 3.05. The number of hydrogen-bond acceptors (Lipinski definition) is 8. The Hall–Kier alpha value is -3.46. The van der Waals surface area contributed by atoms with Crippen molar-refractivity contribution in [3.05, 3.63) is 66.6 Å². The van der Waals surface area contributed by atoms with Crippen LogP contribution in [0.2, 0.25) is 0 Å². The van der Waals surface area contributed by atoms with Gasteiger partial charge in [-0.05, 0) is 36.2 Å². The lowest BCUT2D eigenvalue weighted by Gasteiger charge is -2.17. The minimum atomic E-state index is -0.364. The van der Waals surface area contributed by atoms with Gasteiger partial charge in [0.2, 0.25) is 11.9 Å². The smallest absolute Gasteiger partial charge is 0.286 e. The Morgan fingerprint density at radius 1 is 1.06 bits per heavy atom. The van der Waals surface area contributed by atoms with Gasteiger partial charge in [0.15, 0.2) is 0 Å². The van der Waals surface area contributed by atoms with Crippen LogP contribution in [0.25, 0.3) is 11.3 Å². The minimum absolute atomic E-state index is 0.228. The van der Waals surface area contributed by atoms with Crippen LogP contribution in [0.3, 0.4) is 0 Å². The molecule has 3 aromatic rings. The fourth-order valence-corrected chi connectivity index (χ4v) is 3.91. The molecule has 1 aliphatic rings. The summed E-state index contributed by atoms with van der Waals surface area (Å²) in [6.07, 6.45) is 5.77. The number of nitrogens with one attached hydrogen (secondary N) is 1. The molecule has 3 heterocycles. The molecule has 1 fully saturated rings. The van der Waals surface area contributed by atoms with Gasteiger partial charge in [0, 0.05) is 31.2 Å². The topological polar surface area (TPSA) is 97.3 Å². The Kier molecular flexibility index (Phi) is 6.42. The molecular formula is C22H21N5O3S. The Morgan fingerprint density at radius 3 is 2.48 bits per heavy atom. The molecule has 1 unspecified atom stereocenters. The number of carbonyl (C=O) groups excluding carboxylic acids is 2. The second-order valence-corrected chi connectivity index (χ2v) is 8.16. The monoisotopic (exact) mass is 435 g/mol. The number of ether oxygens (including phenoxy) is 1. The summed E-state index contributed by atoms with van der Waals surface area (Å²) in [6, 6.07) is 13.3. The molecule has 8 nitrogen and oxygen atoms in total. The molecule has 0 bridgehead atoms. The van der Waals surface area contributed by atoms with E-state index in [9.17, 15) is 9.59 Å². The Labute approximate surface area is 184 Å². The quantitative estimate of drug-likeness (QED) is 0.577. The molecule has 1 saturated heterocycles. The highest BCUT2D eigenvalue weighted by Gasteiger charge is 2.31. The zero-order chi connectivity index (χ0) is 21.6. The largest absolute Gasteiger partial charge is 0.492 e. The van der Waals surface area contributed by atoms with E-state index in [-0.39, 0.29) is 16.4 Å². The predicted octanol–water partition coefficient (Wildman–Crippen LogP) is 2.95. The summed E-state index contributed by atoms with van der Waals surface area (Å²) in [4.78, 5) is 38.0. The van der Waals surface area contributed by atoms with Crippen LogP contribution < -0.4 is 15.0 Å². The summed E-state index contributed by atoms with van der Waals surface area (Å²) >= 11 is 1.04. The minimum Gasteiger partial charge on any atom is -0.492 e. The number of imide groups is 1. The highest BCUT2D eigenvalue weighted by molar-refractivity contribution is 8.15. The Morgan fingerprint density at radius 2 is 1.84 bits per heavy atom. The van der Waals surface area contributed by atoms with Gasteiger partial charge in [-0.2, -0.15) is 0 Å². The van der Waals surface area contributed by atoms with Gasteiger partial charge < -0.3 is 9.64 Å². The van der Waals surface area contributed by atoms with Gasteiger partial charge in [0.25, 0.3) is 5.24 Å². The van der Waals surface area contributed by atoms with Gasteiger partial charge in [-0.3, -0.25) is 19.9 Å². The van der Waals surface area contributed by atoms with Crippen LogP contribution in [-0.4, -0.2) is 51.5 Å². The second-order valence-electron chi connectivity index (χ2n) is 6.99. The molecule has 0 saturated carbocycles. The molecule has 0 radical (unpaired) electrons. The first-order valence-electron chi connectivity index (χ1n) is 9.76. The van der Waals surface area contributed by atoms with Crippen LogP contribution in [0, 0.1) is 0 Å². The summed E-state index contributed by atoms with van der Waals surface area (Å²) in [5.41, 5.74) is 2.68. The lowest BCUT2D eigenvalue weighted by molar-refractivity contribution is -0.118. The van der Waals surface area contributed by atoms with Gasteiger partial charge in [-0.1, -0.05) is 30.0 Å². The normalized spacial score (nSPS) is 15.6. The van der Waals surface area contributed by atoms with Crippen molar-refractivity contribution < 1.29 is 14.3 Å². The first kappa shape index (κ1) is 20.8. The van der Waals surface area contributed by atoms with E-state index in [2.05, 4.69) is 20.3 Å². The number of anilines is 1. The SMILES string of the molecule is CN(CCOc1ccc(CC2SC(=O)NC2=O)cc1)c1ncc(-c2ccccn2)cn1. The van der Waals surface area contributed by atoms with Crippen LogP contribution in [0.1, 0.15) is 5.56 Å². The number of benzene rings is 1. The van der Waals surface area contributed by atoms with E-state index in [1.807, 2.05) is 54.4 Å². The standard InChI is InChI=1S/C22H21N5O3S/c1-27(21-24-13-16(14-25-21)18-4-2-3-9-23-18)10-11-30-17-7-5-15(6-8-17)12-19-20(28)26-22(29)31-19/h2-9,13-14,19H,10-12H2,1H3,(H,26,28,29). The number of likely N-dealkylation sites (N-methyl/N-ethyl adjacent to an activating group) is 1. The number of thioether (sulfide) groups is 1. The third kappa shape index (κ3) is 5.37. The molecule has 1 atom stereocenters. The van der Waals surface area contributed by atoms with Crippen molar-refractivity contribution in [2.75, 3.05) is 25.1 Å². The summed E-state index contributed by atoms with van der Waals surface area (Å²) in [5, 5.41) is 1.66. The maximum atomic E-state index is 11.7. The average molecular weight is 436 g/mol. The third-order valence-corrected chi connectivity index (χ3v) is 5.73. The van der Waals surface area contributed by atoms with E-state index in [4.69, 9.17) is 4.74 Å². The van der Waals surface area contributed by atoms with Crippen molar-refractivity contribution in [1.29, 1.82) is 0 Å². The van der Waals surface area contributed by atoms with E-state index in [0.717, 1.165) is 34.3 Å². The van der Waals surface area contributed by atoms with Gasteiger partial charge in [-0.15, -0.1) is 0 Å². The molecule has 1 N–H and O–H groups in total. The first-order chi connectivity index (χ1) is 15.1. The van der Waals surface area contributed by atoms with E-state index in [1.165, 1.54) is 0 Å². The molecule has 4 rings (SSSR count). The zero-order valence-electron chi connectivity index (χ0n) is 16.9. The zero-order valence-corrected chi connectivity index (χ0v) is 17.7. The third-order valence-electron chi connectivity index (χ3n) is 4.75. The van der Waals surface area contributed by atoms with Crippen molar-refractivity contribution in [3.63, 3.8) is 0 Å². The maximum absolute atomic E-state index is 11.7. The first-order valence-corrected chi connectivity index (χ1v) is 10.6. The molecule has 2 aromatic heterocycles. The van der Waals surface area contributed by atoms with Gasteiger partial charge >= 0.3 is 0 Å². The summed E-state index contributed by atoms with van der Waals surface area (Å²) in [5.74, 6) is 1.12. The number of rotatable bonds is 8. The number of carbonyl (C=O) groups is 2. The number of amides is 2. The van der Waals surface area contributed by atoms with Crippen molar-refractivity contribution in [3.8, 4) is 17.0 Å². The van der Waals surface area contributed by atoms with Crippen molar-refractivity contribution >= 4 is 28.9 Å². The predicted molar refractivity (Wildman–Crippen MR) is 119 cm³/mol. The van der Waals surface area contributed by atoms with Crippen molar-refractivity contribution in [1.82, 2.24) is 20.3 Å². The van der Waals surface area contributed by atoms with Crippen molar-refractivity contribution in [2.45, 2.75) is 11.7 Å². The van der Waals surface area contributed by atoms with Gasteiger partial charge in [0.05, 0.1) is 17.5 Å². The summed E-state index contributed by atoms with van der Waals surface area (Å²) in [7, 11) is 1.91. The molecular weight excluding hydrogens is 414 g/mol. The van der Waals surface area contributed by atoms with Crippen LogP contribution in [0.15, 0.2) is 61.1 Å². The van der Waals surface area contributed by atoms with E-state index in [1.54, 1.807) is 18.6 Å². The van der Waals surface area contributed by atoms with Crippen LogP contribution >= 0.6 is 11.8 Å². The van der Waals surface area contributed by atoms with E-state index < -0.39 is 0 Å². The van der Waals surface area contributed by atoms with Crippen LogP contribution in [-0.2, 0) is 11.2 Å². The number of hydrogen-bond donors (Lipinski definition) is 1. The summed E-state index contributed by atoms with van der Waals surface area (Å²) in [6.45, 7) is 1.09. The number of nitrogens with zero attached hydrogens (tertiary/aromatic N) is 4. The molecule has 31 heavy (non-hydrogen) atoms. The highest BCUT2D eigenvalue weighted by Crippen LogP contribution is 2.24. The lowest BCUT2D eigenvalue weighted by atomic mass is 10.1. The molecule has 158 valence electrons. The van der Waals surface area contributed by atoms with Crippen LogP contribution in [0.5, 0.6) is 5.75 Å². The molecule has 1 aliphatic heterocycles. The average Bonchev–Trinajstić information content (AvgIpc) is 3.12. The summed E-state index contributed by atoms with van der Waals surface area (Å²) < 4.78 is 5.81. The number of pyridine rings is 1. The lowest BCUT2D eigenvalue weighted by Crippen LogP contribution is -2.25. The van der Waals surface area contributed by atoms with Crippen LogP contribution in [0.4, 0.5) is 10.7 Å². The highest BCUT2D eigenvalue weighted by atomic mass is 32.2. The second kappa shape index (κ2) is 9.57. The maximum Gasteiger partial charge on any atom is 0.286 e. The van der Waals surface area contributed by atoms with E-state index >= 15 is 0 Å². The molecule has 2 amide bonds. The molecule has 1 aromatic carbocycles. The van der Waals surface area contributed by atoms with Gasteiger partial charge in [-0.25, -0.2) is 9.97 Å². The molecule has 9 heteroatoms.